The SMILES string of the molecule is O=C1NC2=NC=CCC2N1C1CCNCC1. The van der Waals surface area contributed by atoms with Gasteiger partial charge in [0.1, 0.15) is 5.84 Å². The molecule has 0 spiro atoms. The van der Waals surface area contributed by atoms with E-state index >= 15 is 0 Å². The monoisotopic (exact) mass is 220 g/mol. The Hall–Kier alpha value is -1.36. The van der Waals surface area contributed by atoms with Crippen LogP contribution in [0, 0.1) is 0 Å². The zero-order chi connectivity index (χ0) is 11.0. The van der Waals surface area contributed by atoms with Crippen molar-refractivity contribution in [3.8, 4) is 0 Å². The Morgan fingerprint density at radius 2 is 2.19 bits per heavy atom. The molecule has 0 aromatic rings. The van der Waals surface area contributed by atoms with Gasteiger partial charge in [-0.3, -0.25) is 5.32 Å². The molecule has 5 nitrogen and oxygen atoms in total. The lowest BCUT2D eigenvalue weighted by Gasteiger charge is -2.34. The molecule has 5 heteroatoms. The Morgan fingerprint density at radius 1 is 1.38 bits per heavy atom. The molecule has 3 heterocycles. The molecule has 0 saturated carbocycles. The van der Waals surface area contributed by atoms with E-state index in [4.69, 9.17) is 0 Å². The quantitative estimate of drug-likeness (QED) is 0.674. The number of carbonyl (C=O) groups excluding carboxylic acids is 1. The molecule has 0 bridgehead atoms. The number of nitrogens with one attached hydrogen (secondary N) is 2. The topological polar surface area (TPSA) is 56.7 Å². The fourth-order valence-corrected chi connectivity index (χ4v) is 2.70. The summed E-state index contributed by atoms with van der Waals surface area (Å²) in [7, 11) is 0. The molecule has 0 radical (unpaired) electrons. The minimum atomic E-state index is 0.0272. The Morgan fingerprint density at radius 3 is 3.00 bits per heavy atom. The van der Waals surface area contributed by atoms with Crippen LogP contribution in [-0.4, -0.2) is 41.9 Å². The van der Waals surface area contributed by atoms with Crippen LogP contribution in [0.5, 0.6) is 0 Å². The zero-order valence-corrected chi connectivity index (χ0v) is 9.15. The first-order valence-electron chi connectivity index (χ1n) is 5.89. The van der Waals surface area contributed by atoms with Gasteiger partial charge in [-0.15, -0.1) is 0 Å². The molecule has 3 aliphatic heterocycles. The molecule has 2 N–H and O–H groups in total. The molecule has 3 rings (SSSR count). The van der Waals surface area contributed by atoms with Crippen LogP contribution in [0.3, 0.4) is 0 Å². The first kappa shape index (κ1) is 9.84. The number of aliphatic imine (C=N–C) groups is 1. The average Bonchev–Trinajstić information content (AvgIpc) is 2.66. The third-order valence-corrected chi connectivity index (χ3v) is 3.50. The molecule has 86 valence electrons. The van der Waals surface area contributed by atoms with E-state index in [0.717, 1.165) is 38.2 Å². The van der Waals surface area contributed by atoms with Gasteiger partial charge in [0.15, 0.2) is 0 Å². The fraction of sp³-hybridized carbons (Fsp3) is 0.636. The first-order chi connectivity index (χ1) is 7.86. The van der Waals surface area contributed by atoms with Gasteiger partial charge in [-0.05, 0) is 32.4 Å². The minimum Gasteiger partial charge on any atom is -0.317 e. The van der Waals surface area contributed by atoms with Crippen molar-refractivity contribution in [3.05, 3.63) is 12.3 Å². The second-order valence-electron chi connectivity index (χ2n) is 4.47. The summed E-state index contributed by atoms with van der Waals surface area (Å²) in [5.41, 5.74) is 0. The van der Waals surface area contributed by atoms with E-state index in [2.05, 4.69) is 15.6 Å². The van der Waals surface area contributed by atoms with Gasteiger partial charge in [-0.2, -0.15) is 0 Å². The molecule has 0 aliphatic carbocycles. The number of nitrogens with zero attached hydrogens (tertiary/aromatic N) is 2. The maximum atomic E-state index is 11.9. The number of amides is 2. The minimum absolute atomic E-state index is 0.0272. The van der Waals surface area contributed by atoms with E-state index < -0.39 is 0 Å². The molecule has 2 fully saturated rings. The molecule has 0 aromatic heterocycles. The Kier molecular flexibility index (Phi) is 2.40. The number of amidine groups is 1. The average molecular weight is 220 g/mol. The van der Waals surface area contributed by atoms with E-state index in [0.29, 0.717) is 6.04 Å². The lowest BCUT2D eigenvalue weighted by molar-refractivity contribution is 0.163. The molecule has 16 heavy (non-hydrogen) atoms. The third kappa shape index (κ3) is 1.51. The van der Waals surface area contributed by atoms with Gasteiger partial charge in [-0.25, -0.2) is 9.79 Å². The molecule has 0 aromatic carbocycles. The van der Waals surface area contributed by atoms with Crippen LogP contribution in [0.2, 0.25) is 0 Å². The summed E-state index contributed by atoms with van der Waals surface area (Å²) >= 11 is 0. The van der Waals surface area contributed by atoms with Gasteiger partial charge in [0.25, 0.3) is 0 Å². The predicted molar refractivity (Wildman–Crippen MR) is 61.2 cm³/mol. The summed E-state index contributed by atoms with van der Waals surface area (Å²) in [5, 5.41) is 6.19. The summed E-state index contributed by atoms with van der Waals surface area (Å²) in [6.07, 6.45) is 6.78. The normalized spacial score (nSPS) is 30.0. The molecule has 2 saturated heterocycles. The summed E-state index contributed by atoms with van der Waals surface area (Å²) in [6, 6.07) is 0.547. The second-order valence-corrected chi connectivity index (χ2v) is 4.47. The Labute approximate surface area is 94.6 Å². The van der Waals surface area contributed by atoms with Gasteiger partial charge in [0.05, 0.1) is 6.04 Å². The van der Waals surface area contributed by atoms with E-state index in [1.54, 1.807) is 6.20 Å². The van der Waals surface area contributed by atoms with Crippen molar-refractivity contribution in [3.63, 3.8) is 0 Å². The van der Waals surface area contributed by atoms with Crippen LogP contribution in [0.15, 0.2) is 17.3 Å². The van der Waals surface area contributed by atoms with Crippen LogP contribution < -0.4 is 10.6 Å². The number of hydrogen-bond donors (Lipinski definition) is 2. The fourth-order valence-electron chi connectivity index (χ4n) is 2.70. The van der Waals surface area contributed by atoms with Crippen LogP contribution >= 0.6 is 0 Å². The number of urea groups is 1. The van der Waals surface area contributed by atoms with E-state index in [1.165, 1.54) is 0 Å². The maximum absolute atomic E-state index is 11.9. The molecular formula is C11H16N4O. The Balaban J connectivity index is 1.81. The lowest BCUT2D eigenvalue weighted by atomic mass is 10.0. The van der Waals surface area contributed by atoms with Gasteiger partial charge in [0, 0.05) is 12.2 Å². The highest BCUT2D eigenvalue weighted by Crippen LogP contribution is 2.24. The molecule has 1 atom stereocenters. The van der Waals surface area contributed by atoms with E-state index in [-0.39, 0.29) is 12.1 Å². The van der Waals surface area contributed by atoms with Crippen LogP contribution in [0.25, 0.3) is 0 Å². The van der Waals surface area contributed by atoms with Gasteiger partial charge >= 0.3 is 6.03 Å². The highest BCUT2D eigenvalue weighted by molar-refractivity contribution is 6.07. The summed E-state index contributed by atoms with van der Waals surface area (Å²) in [6.45, 7) is 2.01. The summed E-state index contributed by atoms with van der Waals surface area (Å²) in [4.78, 5) is 18.1. The Bertz CT molecular complexity index is 357. The smallest absolute Gasteiger partial charge is 0.317 e. The molecular weight excluding hydrogens is 204 g/mol. The van der Waals surface area contributed by atoms with Crippen molar-refractivity contribution in [2.24, 2.45) is 4.99 Å². The van der Waals surface area contributed by atoms with Gasteiger partial charge < -0.3 is 10.2 Å². The largest absolute Gasteiger partial charge is 0.323 e. The first-order valence-corrected chi connectivity index (χ1v) is 5.89. The number of rotatable bonds is 1. The molecule has 1 unspecified atom stereocenters. The van der Waals surface area contributed by atoms with Crippen molar-refractivity contribution >= 4 is 11.9 Å². The van der Waals surface area contributed by atoms with Crippen LogP contribution in [0.4, 0.5) is 4.79 Å². The number of fused-ring (bicyclic) bond motifs is 1. The summed E-state index contributed by atoms with van der Waals surface area (Å²) in [5.74, 6) is 0.825. The maximum Gasteiger partial charge on any atom is 0.323 e. The van der Waals surface area contributed by atoms with Crippen molar-refractivity contribution < 1.29 is 4.79 Å². The highest BCUT2D eigenvalue weighted by atomic mass is 16.2. The van der Waals surface area contributed by atoms with Gasteiger partial charge in [0.2, 0.25) is 0 Å². The van der Waals surface area contributed by atoms with Crippen molar-refractivity contribution in [1.29, 1.82) is 0 Å². The van der Waals surface area contributed by atoms with Crippen LogP contribution in [0.1, 0.15) is 19.3 Å². The summed E-state index contributed by atoms with van der Waals surface area (Å²) < 4.78 is 0. The molecule has 3 aliphatic rings. The zero-order valence-electron chi connectivity index (χ0n) is 9.15. The standard InChI is InChI=1S/C11H16N4O/c16-11-14-10-9(2-1-5-13-10)15(11)8-3-6-12-7-4-8/h1,5,8-9,12H,2-4,6-7H2,(H,13,14,16). The third-order valence-electron chi connectivity index (χ3n) is 3.50. The van der Waals surface area contributed by atoms with Crippen LogP contribution in [-0.2, 0) is 0 Å². The van der Waals surface area contributed by atoms with Crippen molar-refractivity contribution in [2.45, 2.75) is 31.3 Å². The predicted octanol–water partition coefficient (Wildman–Crippen LogP) is 0.448. The number of piperidine rings is 1. The second kappa shape index (κ2) is 3.90. The van der Waals surface area contributed by atoms with Gasteiger partial charge in [-0.1, -0.05) is 6.08 Å². The number of hydrogen-bond acceptors (Lipinski definition) is 3. The lowest BCUT2D eigenvalue weighted by Crippen LogP contribution is -2.48. The highest BCUT2D eigenvalue weighted by Gasteiger charge is 2.40. The van der Waals surface area contributed by atoms with E-state index in [1.807, 2.05) is 11.0 Å². The van der Waals surface area contributed by atoms with Crippen molar-refractivity contribution in [2.75, 3.05) is 13.1 Å². The van der Waals surface area contributed by atoms with E-state index in [9.17, 15) is 4.79 Å². The number of carbonyl (C=O) groups is 1. The van der Waals surface area contributed by atoms with Crippen molar-refractivity contribution in [1.82, 2.24) is 15.5 Å². The molecule has 2 amide bonds.